The van der Waals surface area contributed by atoms with Gasteiger partial charge in [-0.2, -0.15) is 5.10 Å². The summed E-state index contributed by atoms with van der Waals surface area (Å²) >= 11 is 5.16. The van der Waals surface area contributed by atoms with Gasteiger partial charge in [-0.3, -0.25) is 5.10 Å². The van der Waals surface area contributed by atoms with Gasteiger partial charge in [-0.15, -0.1) is 0 Å². The van der Waals surface area contributed by atoms with Crippen LogP contribution in [0.3, 0.4) is 0 Å². The monoisotopic (exact) mass is 374 g/mol. The molecule has 0 spiro atoms. The smallest absolute Gasteiger partial charge is 0.214 e. The molecule has 1 aromatic heterocycles. The van der Waals surface area contributed by atoms with Crippen molar-refractivity contribution < 1.29 is 13.9 Å². The van der Waals surface area contributed by atoms with Crippen molar-refractivity contribution in [2.45, 2.75) is 20.1 Å². The van der Waals surface area contributed by atoms with E-state index >= 15 is 0 Å². The van der Waals surface area contributed by atoms with Crippen molar-refractivity contribution in [1.82, 2.24) is 14.9 Å². The molecule has 0 saturated carbocycles. The lowest BCUT2D eigenvalue weighted by molar-refractivity contribution is 0.284. The molecule has 0 aliphatic rings. The summed E-state index contributed by atoms with van der Waals surface area (Å²) in [5.41, 5.74) is 5.08. The molecule has 6 nitrogen and oxygen atoms in total. The van der Waals surface area contributed by atoms with Gasteiger partial charge in [0.2, 0.25) is 4.77 Å². The normalized spacial score (nSPS) is 10.6. The van der Waals surface area contributed by atoms with Gasteiger partial charge >= 0.3 is 0 Å². The maximum atomic E-state index is 13.0. The summed E-state index contributed by atoms with van der Waals surface area (Å²) in [6, 6.07) is 11.9. The molecule has 0 atom stereocenters. The van der Waals surface area contributed by atoms with Crippen molar-refractivity contribution in [3.8, 4) is 11.5 Å². The van der Waals surface area contributed by atoms with Crippen molar-refractivity contribution >= 4 is 12.2 Å². The molecule has 0 fully saturated rings. The minimum Gasteiger partial charge on any atom is -0.493 e. The Balaban J connectivity index is 1.67. The number of nitrogens with zero attached hydrogens (tertiary/aromatic N) is 2. The van der Waals surface area contributed by atoms with Crippen LogP contribution in [0.25, 0.3) is 0 Å². The predicted molar refractivity (Wildman–Crippen MR) is 98.9 cm³/mol. The van der Waals surface area contributed by atoms with Gasteiger partial charge in [-0.05, 0) is 54.5 Å². The number of methoxy groups -OCH3 is 1. The van der Waals surface area contributed by atoms with E-state index in [9.17, 15) is 4.39 Å². The highest BCUT2D eigenvalue weighted by atomic mass is 32.1. The van der Waals surface area contributed by atoms with Gasteiger partial charge < -0.3 is 14.9 Å². The number of aryl methyl sites for hydroxylation is 1. The van der Waals surface area contributed by atoms with E-state index in [1.165, 1.54) is 12.1 Å². The van der Waals surface area contributed by atoms with Gasteiger partial charge in [-0.1, -0.05) is 18.2 Å². The molecule has 0 saturated heterocycles. The first-order chi connectivity index (χ1) is 12.6. The Bertz CT molecular complexity index is 937. The predicted octanol–water partition coefficient (Wildman–Crippen LogP) is 3.72. The van der Waals surface area contributed by atoms with E-state index in [2.05, 4.69) is 15.6 Å². The van der Waals surface area contributed by atoms with Crippen LogP contribution in [-0.4, -0.2) is 22.0 Å². The second kappa shape index (κ2) is 8.01. The van der Waals surface area contributed by atoms with Crippen LogP contribution in [0.1, 0.15) is 17.0 Å². The molecule has 0 amide bonds. The Labute approximate surface area is 155 Å². The summed E-state index contributed by atoms with van der Waals surface area (Å²) in [4.78, 5) is 0. The van der Waals surface area contributed by atoms with Crippen molar-refractivity contribution in [1.29, 1.82) is 0 Å². The fourth-order valence-corrected chi connectivity index (χ4v) is 2.66. The summed E-state index contributed by atoms with van der Waals surface area (Å²) in [6.45, 7) is 2.73. The molecule has 3 rings (SSSR count). The van der Waals surface area contributed by atoms with E-state index in [1.807, 2.05) is 25.1 Å². The minimum atomic E-state index is -0.267. The van der Waals surface area contributed by atoms with Gasteiger partial charge in [-0.25, -0.2) is 9.07 Å². The van der Waals surface area contributed by atoms with Crippen LogP contribution in [0.5, 0.6) is 11.5 Å². The largest absolute Gasteiger partial charge is 0.493 e. The summed E-state index contributed by atoms with van der Waals surface area (Å²) < 4.78 is 26.4. The lowest BCUT2D eigenvalue weighted by atomic mass is 10.2. The first-order valence-electron chi connectivity index (χ1n) is 7.99. The van der Waals surface area contributed by atoms with Gasteiger partial charge in [0.05, 0.1) is 13.7 Å². The number of aromatic amines is 1. The second-order valence-electron chi connectivity index (χ2n) is 5.65. The number of benzene rings is 2. The third-order valence-electron chi connectivity index (χ3n) is 3.82. The molecule has 2 N–H and O–H groups in total. The molecular formula is C18H19FN4O2S. The van der Waals surface area contributed by atoms with Crippen molar-refractivity contribution in [2.75, 3.05) is 12.5 Å². The number of hydrogen-bond acceptors (Lipinski definition) is 5. The van der Waals surface area contributed by atoms with Crippen molar-refractivity contribution in [3.05, 3.63) is 70.0 Å². The van der Waals surface area contributed by atoms with Gasteiger partial charge in [0.25, 0.3) is 0 Å². The van der Waals surface area contributed by atoms with Gasteiger partial charge in [0, 0.05) is 0 Å². The van der Waals surface area contributed by atoms with Crippen LogP contribution in [0, 0.1) is 17.5 Å². The number of rotatable bonds is 7. The maximum Gasteiger partial charge on any atom is 0.214 e. The van der Waals surface area contributed by atoms with Crippen LogP contribution < -0.4 is 14.9 Å². The molecule has 0 unspecified atom stereocenters. The number of ether oxygens (including phenoxy) is 2. The van der Waals surface area contributed by atoms with Crippen LogP contribution in [0.4, 0.5) is 4.39 Å². The number of H-pyrrole nitrogens is 1. The van der Waals surface area contributed by atoms with Crippen molar-refractivity contribution in [3.63, 3.8) is 0 Å². The Morgan fingerprint density at radius 2 is 1.88 bits per heavy atom. The van der Waals surface area contributed by atoms with E-state index in [0.717, 1.165) is 17.0 Å². The molecule has 0 bridgehead atoms. The Kier molecular flexibility index (Phi) is 5.52. The van der Waals surface area contributed by atoms with Crippen LogP contribution >= 0.6 is 12.2 Å². The number of hydrogen-bond donors (Lipinski definition) is 2. The first kappa shape index (κ1) is 17.9. The molecule has 0 aliphatic carbocycles. The molecule has 26 heavy (non-hydrogen) atoms. The highest BCUT2D eigenvalue weighted by Crippen LogP contribution is 2.29. The second-order valence-corrected chi connectivity index (χ2v) is 6.03. The SMILES string of the molecule is COc1cc(CNn2c(C)n[nH]c2=S)ccc1OCc1ccc(F)cc1. The average Bonchev–Trinajstić information content (AvgIpc) is 2.97. The Morgan fingerprint density at radius 3 is 2.54 bits per heavy atom. The fourth-order valence-electron chi connectivity index (χ4n) is 2.42. The number of aromatic nitrogens is 3. The zero-order valence-corrected chi connectivity index (χ0v) is 15.3. The average molecular weight is 374 g/mol. The molecule has 2 aromatic carbocycles. The zero-order valence-electron chi connectivity index (χ0n) is 14.5. The van der Waals surface area contributed by atoms with Crippen LogP contribution in [0.2, 0.25) is 0 Å². The molecule has 0 radical (unpaired) electrons. The first-order valence-corrected chi connectivity index (χ1v) is 8.39. The molecule has 0 aliphatic heterocycles. The lowest BCUT2D eigenvalue weighted by Gasteiger charge is -2.13. The number of nitrogens with one attached hydrogen (secondary N) is 2. The molecule has 8 heteroatoms. The zero-order chi connectivity index (χ0) is 18.5. The van der Waals surface area contributed by atoms with Crippen LogP contribution in [-0.2, 0) is 13.2 Å². The Morgan fingerprint density at radius 1 is 1.15 bits per heavy atom. The highest BCUT2D eigenvalue weighted by molar-refractivity contribution is 7.71. The van der Waals surface area contributed by atoms with E-state index in [0.29, 0.717) is 29.4 Å². The quantitative estimate of drug-likeness (QED) is 0.617. The minimum absolute atomic E-state index is 0.267. The van der Waals surface area contributed by atoms with E-state index in [-0.39, 0.29) is 5.82 Å². The molecule has 136 valence electrons. The maximum absolute atomic E-state index is 13.0. The number of halogens is 1. The third kappa shape index (κ3) is 4.20. The summed E-state index contributed by atoms with van der Waals surface area (Å²) in [6.07, 6.45) is 0. The Hall–Kier alpha value is -2.87. The highest BCUT2D eigenvalue weighted by Gasteiger charge is 2.07. The molecule has 3 aromatic rings. The summed E-state index contributed by atoms with van der Waals surface area (Å²) in [7, 11) is 1.59. The van der Waals surface area contributed by atoms with E-state index in [4.69, 9.17) is 21.7 Å². The van der Waals surface area contributed by atoms with E-state index in [1.54, 1.807) is 23.9 Å². The van der Waals surface area contributed by atoms with E-state index < -0.39 is 0 Å². The topological polar surface area (TPSA) is 64.1 Å². The van der Waals surface area contributed by atoms with Gasteiger partial charge in [0.1, 0.15) is 18.2 Å². The molecular weight excluding hydrogens is 355 g/mol. The summed E-state index contributed by atoms with van der Waals surface area (Å²) in [5, 5.41) is 6.78. The third-order valence-corrected chi connectivity index (χ3v) is 4.09. The molecule has 1 heterocycles. The van der Waals surface area contributed by atoms with Gasteiger partial charge in [0.15, 0.2) is 11.5 Å². The van der Waals surface area contributed by atoms with Crippen LogP contribution in [0.15, 0.2) is 42.5 Å². The summed E-state index contributed by atoms with van der Waals surface area (Å²) in [5.74, 6) is 1.73. The standard InChI is InChI=1S/C18H19FN4O2S/c1-12-21-22-18(26)23(12)20-10-14-5-8-16(17(9-14)24-2)25-11-13-3-6-15(19)7-4-13/h3-9,20H,10-11H2,1-2H3,(H,22,26). The lowest BCUT2D eigenvalue weighted by Crippen LogP contribution is -2.16. The van der Waals surface area contributed by atoms with Crippen molar-refractivity contribution in [2.24, 2.45) is 0 Å². The fraction of sp³-hybridized carbons (Fsp3) is 0.222.